The second-order valence-electron chi connectivity index (χ2n) is 7.25. The van der Waals surface area contributed by atoms with Gasteiger partial charge < -0.3 is 4.52 Å². The second kappa shape index (κ2) is 6.12. The van der Waals surface area contributed by atoms with Crippen molar-refractivity contribution in [1.29, 1.82) is 0 Å². The van der Waals surface area contributed by atoms with E-state index < -0.39 is 0 Å². The SMILES string of the molecule is CC(C)c1noc(CN2CC(Cn3nc4c(cc3=O)CCC4)C2)n1. The van der Waals surface area contributed by atoms with Crippen molar-refractivity contribution < 1.29 is 4.52 Å². The predicted octanol–water partition coefficient (Wildman–Crippen LogP) is 1.37. The van der Waals surface area contributed by atoms with Crippen LogP contribution in [0.4, 0.5) is 0 Å². The molecular weight excluding hydrogens is 306 g/mol. The van der Waals surface area contributed by atoms with Crippen molar-refractivity contribution in [3.8, 4) is 0 Å². The minimum Gasteiger partial charge on any atom is -0.338 e. The summed E-state index contributed by atoms with van der Waals surface area (Å²) in [6.07, 6.45) is 3.12. The van der Waals surface area contributed by atoms with Crippen LogP contribution >= 0.6 is 0 Å². The van der Waals surface area contributed by atoms with Crippen molar-refractivity contribution in [2.45, 2.75) is 52.1 Å². The monoisotopic (exact) mass is 329 g/mol. The molecular formula is C17H23N5O2. The maximum absolute atomic E-state index is 12.1. The van der Waals surface area contributed by atoms with Crippen molar-refractivity contribution in [1.82, 2.24) is 24.8 Å². The van der Waals surface area contributed by atoms with Gasteiger partial charge in [0, 0.05) is 31.0 Å². The molecule has 128 valence electrons. The quantitative estimate of drug-likeness (QED) is 0.824. The van der Waals surface area contributed by atoms with E-state index in [-0.39, 0.29) is 11.5 Å². The molecule has 0 N–H and O–H groups in total. The molecule has 24 heavy (non-hydrogen) atoms. The van der Waals surface area contributed by atoms with Crippen LogP contribution in [0.15, 0.2) is 15.4 Å². The topological polar surface area (TPSA) is 77.0 Å². The third kappa shape index (κ3) is 3.00. The number of rotatable bonds is 5. The standard InChI is InChI=1S/C17H23N5O2/c1-11(2)17-18-15(24-20-17)10-21-7-12(8-21)9-22-16(23)6-13-4-3-5-14(13)19-22/h6,11-12H,3-5,7-10H2,1-2H3. The summed E-state index contributed by atoms with van der Waals surface area (Å²) in [5, 5.41) is 8.54. The van der Waals surface area contributed by atoms with Crippen LogP contribution < -0.4 is 5.56 Å². The van der Waals surface area contributed by atoms with E-state index in [4.69, 9.17) is 4.52 Å². The first-order valence-electron chi connectivity index (χ1n) is 8.73. The molecule has 0 aromatic carbocycles. The lowest BCUT2D eigenvalue weighted by molar-refractivity contribution is 0.0657. The number of fused-ring (bicyclic) bond motifs is 1. The van der Waals surface area contributed by atoms with Crippen LogP contribution in [0.1, 0.15) is 49.2 Å². The molecule has 1 aliphatic heterocycles. The van der Waals surface area contributed by atoms with Crippen molar-refractivity contribution in [2.75, 3.05) is 13.1 Å². The number of nitrogens with zero attached hydrogens (tertiary/aromatic N) is 5. The Morgan fingerprint density at radius 3 is 2.92 bits per heavy atom. The van der Waals surface area contributed by atoms with E-state index in [2.05, 4.69) is 34.0 Å². The average Bonchev–Trinajstić information content (AvgIpc) is 3.13. The summed E-state index contributed by atoms with van der Waals surface area (Å²) in [6.45, 7) is 7.35. The first-order chi connectivity index (χ1) is 11.6. The van der Waals surface area contributed by atoms with Gasteiger partial charge in [0.2, 0.25) is 5.89 Å². The van der Waals surface area contributed by atoms with E-state index in [9.17, 15) is 4.79 Å². The van der Waals surface area contributed by atoms with Crippen LogP contribution in [0.2, 0.25) is 0 Å². The van der Waals surface area contributed by atoms with Crippen molar-refractivity contribution in [3.63, 3.8) is 0 Å². The zero-order valence-electron chi connectivity index (χ0n) is 14.2. The molecule has 1 fully saturated rings. The summed E-state index contributed by atoms with van der Waals surface area (Å²) in [7, 11) is 0. The lowest BCUT2D eigenvalue weighted by Gasteiger charge is -2.38. The Morgan fingerprint density at radius 1 is 1.33 bits per heavy atom. The van der Waals surface area contributed by atoms with Crippen molar-refractivity contribution in [2.24, 2.45) is 5.92 Å². The molecule has 0 bridgehead atoms. The Kier molecular flexibility index (Phi) is 3.96. The molecule has 1 saturated heterocycles. The van der Waals surface area contributed by atoms with Crippen LogP contribution in [0, 0.1) is 5.92 Å². The molecule has 0 saturated carbocycles. The normalized spacial score (nSPS) is 18.1. The van der Waals surface area contributed by atoms with E-state index in [1.165, 1.54) is 0 Å². The first-order valence-corrected chi connectivity index (χ1v) is 8.73. The van der Waals surface area contributed by atoms with Gasteiger partial charge in [-0.1, -0.05) is 19.0 Å². The van der Waals surface area contributed by atoms with E-state index in [1.807, 2.05) is 0 Å². The van der Waals surface area contributed by atoms with E-state index in [0.29, 0.717) is 24.9 Å². The molecule has 7 heteroatoms. The number of aryl methyl sites for hydroxylation is 2. The zero-order valence-corrected chi connectivity index (χ0v) is 14.2. The number of likely N-dealkylation sites (tertiary alicyclic amines) is 1. The molecule has 0 spiro atoms. The highest BCUT2D eigenvalue weighted by Gasteiger charge is 2.29. The molecule has 2 aromatic heterocycles. The van der Waals surface area contributed by atoms with E-state index in [0.717, 1.165) is 49.4 Å². The Bertz CT molecular complexity index is 789. The minimum atomic E-state index is 0.0348. The zero-order chi connectivity index (χ0) is 16.7. The van der Waals surface area contributed by atoms with Gasteiger partial charge in [-0.15, -0.1) is 0 Å². The molecule has 3 heterocycles. The molecule has 2 aliphatic rings. The van der Waals surface area contributed by atoms with Gasteiger partial charge in [0.05, 0.1) is 18.8 Å². The molecule has 2 aromatic rings. The van der Waals surface area contributed by atoms with Crippen LogP contribution in [0.5, 0.6) is 0 Å². The lowest BCUT2D eigenvalue weighted by atomic mass is 10.0. The molecule has 0 atom stereocenters. The molecule has 0 unspecified atom stereocenters. The largest absolute Gasteiger partial charge is 0.338 e. The summed E-state index contributed by atoms with van der Waals surface area (Å²) >= 11 is 0. The molecule has 1 aliphatic carbocycles. The fraction of sp³-hybridized carbons (Fsp3) is 0.647. The Labute approximate surface area is 140 Å². The molecule has 0 radical (unpaired) electrons. The number of aromatic nitrogens is 4. The van der Waals surface area contributed by atoms with Crippen LogP contribution in [0.3, 0.4) is 0 Å². The highest BCUT2D eigenvalue weighted by molar-refractivity contribution is 5.22. The first kappa shape index (κ1) is 15.5. The van der Waals surface area contributed by atoms with Gasteiger partial charge in [0.25, 0.3) is 5.56 Å². The molecule has 7 nitrogen and oxygen atoms in total. The third-order valence-corrected chi connectivity index (χ3v) is 4.85. The van der Waals surface area contributed by atoms with Gasteiger partial charge in [-0.05, 0) is 24.8 Å². The van der Waals surface area contributed by atoms with Gasteiger partial charge in [-0.2, -0.15) is 10.1 Å². The summed E-state index contributed by atoms with van der Waals surface area (Å²) < 4.78 is 6.93. The Hall–Kier alpha value is -2.02. The summed E-state index contributed by atoms with van der Waals surface area (Å²) in [5.74, 6) is 2.17. The Morgan fingerprint density at radius 2 is 2.17 bits per heavy atom. The van der Waals surface area contributed by atoms with Gasteiger partial charge in [0.1, 0.15) is 0 Å². The predicted molar refractivity (Wildman–Crippen MR) is 87.7 cm³/mol. The summed E-state index contributed by atoms with van der Waals surface area (Å²) in [6, 6.07) is 1.78. The minimum absolute atomic E-state index is 0.0348. The average molecular weight is 329 g/mol. The number of hydrogen-bond donors (Lipinski definition) is 0. The van der Waals surface area contributed by atoms with Crippen LogP contribution in [-0.2, 0) is 25.9 Å². The highest BCUT2D eigenvalue weighted by atomic mass is 16.5. The highest BCUT2D eigenvalue weighted by Crippen LogP contribution is 2.21. The van der Waals surface area contributed by atoms with Crippen LogP contribution in [0.25, 0.3) is 0 Å². The van der Waals surface area contributed by atoms with Gasteiger partial charge >= 0.3 is 0 Å². The summed E-state index contributed by atoms with van der Waals surface area (Å²) in [4.78, 5) is 18.8. The van der Waals surface area contributed by atoms with Crippen molar-refractivity contribution >= 4 is 0 Å². The lowest BCUT2D eigenvalue weighted by Crippen LogP contribution is -2.49. The summed E-state index contributed by atoms with van der Waals surface area (Å²) in [5.41, 5.74) is 2.29. The molecule has 0 amide bonds. The van der Waals surface area contributed by atoms with Gasteiger partial charge in [0.15, 0.2) is 5.82 Å². The van der Waals surface area contributed by atoms with E-state index in [1.54, 1.807) is 10.7 Å². The van der Waals surface area contributed by atoms with Gasteiger partial charge in [-0.3, -0.25) is 9.69 Å². The maximum atomic E-state index is 12.1. The van der Waals surface area contributed by atoms with Crippen LogP contribution in [-0.4, -0.2) is 37.9 Å². The third-order valence-electron chi connectivity index (χ3n) is 4.85. The molecule has 4 rings (SSSR count). The van der Waals surface area contributed by atoms with Gasteiger partial charge in [-0.25, -0.2) is 4.68 Å². The van der Waals surface area contributed by atoms with Crippen molar-refractivity contribution in [3.05, 3.63) is 39.4 Å². The maximum Gasteiger partial charge on any atom is 0.267 e. The fourth-order valence-corrected chi connectivity index (χ4v) is 3.49. The Balaban J connectivity index is 1.32. The van der Waals surface area contributed by atoms with E-state index >= 15 is 0 Å². The fourth-order valence-electron chi connectivity index (χ4n) is 3.49. The number of hydrogen-bond acceptors (Lipinski definition) is 6. The smallest absolute Gasteiger partial charge is 0.267 e. The second-order valence-corrected chi connectivity index (χ2v) is 7.25.